The van der Waals surface area contributed by atoms with Crippen LogP contribution in [0.25, 0.3) is 33.3 Å². The summed E-state index contributed by atoms with van der Waals surface area (Å²) >= 11 is 0. The first-order valence-corrected chi connectivity index (χ1v) is 10.4. The maximum atomic E-state index is 12.5. The zero-order valence-corrected chi connectivity index (χ0v) is 16.7. The zero-order chi connectivity index (χ0) is 20.8. The van der Waals surface area contributed by atoms with Gasteiger partial charge in [0, 0.05) is 10.9 Å². The van der Waals surface area contributed by atoms with Crippen LogP contribution in [0.5, 0.6) is 0 Å². The minimum Gasteiger partial charge on any atom is -0.433 e. The van der Waals surface area contributed by atoms with Gasteiger partial charge in [-0.25, -0.2) is 4.79 Å². The van der Waals surface area contributed by atoms with Crippen LogP contribution in [0.1, 0.15) is 22.1 Å². The van der Waals surface area contributed by atoms with E-state index in [1.807, 2.05) is 54.6 Å². The van der Waals surface area contributed by atoms with Crippen LogP contribution in [0, 0.1) is 0 Å². The van der Waals surface area contributed by atoms with Crippen molar-refractivity contribution in [2.24, 2.45) is 0 Å². The normalized spacial score (nSPS) is 15.1. The Kier molecular flexibility index (Phi) is 4.00. The Bertz CT molecular complexity index is 1410. The monoisotopic (exact) mass is 401 g/mol. The predicted molar refractivity (Wildman–Crippen MR) is 123 cm³/mol. The van der Waals surface area contributed by atoms with Crippen molar-refractivity contribution in [1.82, 2.24) is 4.57 Å². The average Bonchev–Trinajstić information content (AvgIpc) is 3.38. The molecule has 0 fully saturated rings. The summed E-state index contributed by atoms with van der Waals surface area (Å²) in [5, 5.41) is 1.12. The molecule has 0 spiro atoms. The second-order valence-electron chi connectivity index (χ2n) is 7.75. The molecule has 0 radical (unpaired) electrons. The van der Waals surface area contributed by atoms with Gasteiger partial charge in [-0.2, -0.15) is 0 Å². The van der Waals surface area contributed by atoms with Gasteiger partial charge >= 0.3 is 5.97 Å². The molecule has 1 aliphatic rings. The lowest BCUT2D eigenvalue weighted by Gasteiger charge is -2.18. The van der Waals surface area contributed by atoms with Crippen LogP contribution >= 0.6 is 0 Å². The number of rotatable bonds is 3. The third-order valence-corrected chi connectivity index (χ3v) is 5.94. The lowest BCUT2D eigenvalue weighted by Crippen LogP contribution is -2.11. The van der Waals surface area contributed by atoms with Crippen molar-refractivity contribution in [3.63, 3.8) is 0 Å². The molecule has 3 heteroatoms. The molecule has 5 aromatic rings. The highest BCUT2D eigenvalue weighted by molar-refractivity contribution is 5.95. The van der Waals surface area contributed by atoms with Crippen molar-refractivity contribution in [3.8, 4) is 22.4 Å². The van der Waals surface area contributed by atoms with Crippen LogP contribution in [0.15, 0.2) is 109 Å². The average molecular weight is 401 g/mol. The molecule has 0 N–H and O–H groups in total. The molecule has 0 saturated heterocycles. The summed E-state index contributed by atoms with van der Waals surface area (Å²) in [6, 6.07) is 36.9. The number of esters is 1. The minimum atomic E-state index is -0.479. The fraction of sp³-hybridized carbons (Fsp3) is 0.0357. The Hall–Kier alpha value is -4.11. The summed E-state index contributed by atoms with van der Waals surface area (Å²) in [6.07, 6.45) is -0.479. The van der Waals surface area contributed by atoms with Crippen molar-refractivity contribution < 1.29 is 9.53 Å². The molecule has 4 aromatic carbocycles. The topological polar surface area (TPSA) is 31.2 Å². The number of carbonyl (C=O) groups is 1. The predicted octanol–water partition coefficient (Wildman–Crippen LogP) is 6.69. The van der Waals surface area contributed by atoms with Gasteiger partial charge in [-0.15, -0.1) is 0 Å². The van der Waals surface area contributed by atoms with Gasteiger partial charge in [0.25, 0.3) is 0 Å². The third-order valence-electron chi connectivity index (χ3n) is 5.94. The van der Waals surface area contributed by atoms with E-state index in [1.54, 1.807) is 0 Å². The molecule has 0 saturated carbocycles. The Labute approximate surface area is 180 Å². The van der Waals surface area contributed by atoms with E-state index < -0.39 is 6.23 Å². The molecule has 3 nitrogen and oxygen atoms in total. The molecule has 0 bridgehead atoms. The molecular weight excluding hydrogens is 382 g/mol. The van der Waals surface area contributed by atoms with E-state index in [1.165, 1.54) is 11.1 Å². The van der Waals surface area contributed by atoms with Gasteiger partial charge < -0.3 is 9.30 Å². The van der Waals surface area contributed by atoms with Crippen LogP contribution in [-0.2, 0) is 4.74 Å². The largest absolute Gasteiger partial charge is 0.433 e. The Balaban J connectivity index is 1.52. The fourth-order valence-electron chi connectivity index (χ4n) is 4.43. The van der Waals surface area contributed by atoms with Crippen molar-refractivity contribution in [1.29, 1.82) is 0 Å². The van der Waals surface area contributed by atoms with E-state index in [2.05, 4.69) is 59.2 Å². The zero-order valence-electron chi connectivity index (χ0n) is 16.7. The van der Waals surface area contributed by atoms with E-state index >= 15 is 0 Å². The highest BCUT2D eigenvalue weighted by Gasteiger charge is 2.33. The highest BCUT2D eigenvalue weighted by atomic mass is 16.6. The van der Waals surface area contributed by atoms with Crippen molar-refractivity contribution in [3.05, 3.63) is 120 Å². The summed E-state index contributed by atoms with van der Waals surface area (Å²) in [5.74, 6) is -0.274. The minimum absolute atomic E-state index is 0.274. The standard InChI is InChI=1S/C28H19NO2/c30-28-24-12-6-5-11-23(24)27(31-28)29-25-13-7-4-10-22(25)18-26(29)21-16-14-20(15-17-21)19-8-2-1-3-9-19/h1-18,27H. The summed E-state index contributed by atoms with van der Waals surface area (Å²) < 4.78 is 8.00. The summed E-state index contributed by atoms with van der Waals surface area (Å²) in [5.41, 5.74) is 7.04. The van der Waals surface area contributed by atoms with E-state index in [4.69, 9.17) is 4.74 Å². The number of hydrogen-bond donors (Lipinski definition) is 0. The maximum Gasteiger partial charge on any atom is 0.340 e. The fourth-order valence-corrected chi connectivity index (χ4v) is 4.43. The van der Waals surface area contributed by atoms with Gasteiger partial charge in [-0.3, -0.25) is 0 Å². The number of aromatic nitrogens is 1. The Morgan fingerprint density at radius 1 is 0.645 bits per heavy atom. The number of para-hydroxylation sites is 1. The van der Waals surface area contributed by atoms with Crippen LogP contribution in [0.4, 0.5) is 0 Å². The van der Waals surface area contributed by atoms with Gasteiger partial charge in [0.05, 0.1) is 16.8 Å². The molecule has 1 aliphatic heterocycles. The molecule has 1 atom stereocenters. The number of benzene rings is 4. The second-order valence-corrected chi connectivity index (χ2v) is 7.75. The van der Waals surface area contributed by atoms with Crippen LogP contribution < -0.4 is 0 Å². The molecule has 1 unspecified atom stereocenters. The summed E-state index contributed by atoms with van der Waals surface area (Å²) in [6.45, 7) is 0. The van der Waals surface area contributed by atoms with Crippen LogP contribution in [-0.4, -0.2) is 10.5 Å². The maximum absolute atomic E-state index is 12.5. The summed E-state index contributed by atoms with van der Waals surface area (Å²) in [4.78, 5) is 12.5. The van der Waals surface area contributed by atoms with Gasteiger partial charge in [0.1, 0.15) is 0 Å². The smallest absolute Gasteiger partial charge is 0.340 e. The van der Waals surface area contributed by atoms with Gasteiger partial charge in [-0.05, 0) is 34.9 Å². The van der Waals surface area contributed by atoms with E-state index in [0.717, 1.165) is 27.7 Å². The molecule has 6 rings (SSSR count). The first-order chi connectivity index (χ1) is 15.3. The lowest BCUT2D eigenvalue weighted by atomic mass is 10.0. The Morgan fingerprint density at radius 2 is 1.29 bits per heavy atom. The molecule has 0 amide bonds. The number of hydrogen-bond acceptors (Lipinski definition) is 2. The molecule has 1 aromatic heterocycles. The van der Waals surface area contributed by atoms with Gasteiger partial charge in [0.2, 0.25) is 6.23 Å². The molecule has 31 heavy (non-hydrogen) atoms. The molecule has 2 heterocycles. The number of carbonyl (C=O) groups excluding carboxylic acids is 1. The number of ether oxygens (including phenoxy) is 1. The third kappa shape index (κ3) is 2.86. The summed E-state index contributed by atoms with van der Waals surface area (Å²) in [7, 11) is 0. The van der Waals surface area contributed by atoms with E-state index in [-0.39, 0.29) is 5.97 Å². The van der Waals surface area contributed by atoms with Crippen molar-refractivity contribution in [2.45, 2.75) is 6.23 Å². The number of fused-ring (bicyclic) bond motifs is 2. The Morgan fingerprint density at radius 3 is 2.13 bits per heavy atom. The van der Waals surface area contributed by atoms with Crippen LogP contribution in [0.3, 0.4) is 0 Å². The van der Waals surface area contributed by atoms with E-state index in [9.17, 15) is 4.79 Å². The SMILES string of the molecule is O=C1OC(n2c(-c3ccc(-c4ccccc4)cc3)cc3ccccc32)c2ccccc21. The van der Waals surface area contributed by atoms with E-state index in [0.29, 0.717) is 5.56 Å². The molecule has 148 valence electrons. The second kappa shape index (κ2) is 6.99. The van der Waals surface area contributed by atoms with Crippen molar-refractivity contribution >= 4 is 16.9 Å². The number of cyclic esters (lactones) is 1. The first kappa shape index (κ1) is 17.7. The molecule has 0 aliphatic carbocycles. The number of nitrogens with zero attached hydrogens (tertiary/aromatic N) is 1. The molecular formula is C28H19NO2. The van der Waals surface area contributed by atoms with Gasteiger partial charge in [0.15, 0.2) is 0 Å². The lowest BCUT2D eigenvalue weighted by molar-refractivity contribution is 0.0335. The first-order valence-electron chi connectivity index (χ1n) is 10.4. The van der Waals surface area contributed by atoms with Crippen LogP contribution in [0.2, 0.25) is 0 Å². The highest BCUT2D eigenvalue weighted by Crippen LogP contribution is 2.39. The van der Waals surface area contributed by atoms with Gasteiger partial charge in [-0.1, -0.05) is 91.0 Å². The quantitative estimate of drug-likeness (QED) is 0.315. The van der Waals surface area contributed by atoms with Crippen molar-refractivity contribution in [2.75, 3.05) is 0 Å².